The van der Waals surface area contributed by atoms with Gasteiger partial charge in [0.25, 0.3) is 0 Å². The Labute approximate surface area is 289 Å². The Hall–Kier alpha value is -4.02. The van der Waals surface area contributed by atoms with Crippen molar-refractivity contribution in [1.82, 2.24) is 24.8 Å². The van der Waals surface area contributed by atoms with Gasteiger partial charge in [-0.2, -0.15) is 0 Å². The first-order valence-electron chi connectivity index (χ1n) is 16.3. The number of hydrogen-bond donors (Lipinski definition) is 1. The Balaban J connectivity index is 1.10. The number of carbonyl (C=O) groups is 1. The lowest BCUT2D eigenvalue weighted by Crippen LogP contribution is -2.22. The van der Waals surface area contributed by atoms with Gasteiger partial charge >= 0.3 is 5.97 Å². The number of hydrogen-bond acceptors (Lipinski definition) is 8. The molecule has 11 heteroatoms. The molecule has 7 rings (SSSR count). The molecular formula is C37H37Cl2N5O4. The molecule has 5 aromatic rings. The van der Waals surface area contributed by atoms with Gasteiger partial charge < -0.3 is 14.3 Å². The summed E-state index contributed by atoms with van der Waals surface area (Å²) in [7, 11) is 0. The van der Waals surface area contributed by atoms with Crippen LogP contribution in [0.15, 0.2) is 59.1 Å². The van der Waals surface area contributed by atoms with Crippen LogP contribution in [0.4, 0.5) is 0 Å². The number of ether oxygens (including phenoxy) is 1. The zero-order valence-corrected chi connectivity index (χ0v) is 28.5. The molecule has 1 unspecified atom stereocenters. The normalized spacial score (nSPS) is 17.0. The maximum Gasteiger partial charge on any atom is 0.307 e. The molecule has 248 valence electrons. The van der Waals surface area contributed by atoms with Crippen molar-refractivity contribution in [2.24, 2.45) is 5.92 Å². The number of carboxylic acid groups (broad SMARTS) is 1. The molecular weight excluding hydrogens is 649 g/mol. The van der Waals surface area contributed by atoms with Crippen LogP contribution >= 0.6 is 23.2 Å². The number of fused-ring (bicyclic) bond motifs is 1. The molecule has 0 bridgehead atoms. The molecule has 2 aliphatic rings. The zero-order chi connectivity index (χ0) is 33.4. The SMILES string of the molecule is Cc1nc(CN2CCCC2)cnc1OCc1cccc(-c2cccc(-c3nc4cc(CN5CCC(C(=O)O)C5)cc(Cl)c4o3)c2C)c1Cl. The van der Waals surface area contributed by atoms with Crippen LogP contribution in [0.5, 0.6) is 5.88 Å². The van der Waals surface area contributed by atoms with E-state index in [4.69, 9.17) is 42.3 Å². The Morgan fingerprint density at radius 2 is 1.75 bits per heavy atom. The molecule has 0 aliphatic carbocycles. The summed E-state index contributed by atoms with van der Waals surface area (Å²) in [5.74, 6) is -0.110. The molecule has 2 fully saturated rings. The van der Waals surface area contributed by atoms with Crippen molar-refractivity contribution < 1.29 is 19.1 Å². The van der Waals surface area contributed by atoms with Crippen LogP contribution < -0.4 is 4.74 Å². The molecule has 2 aliphatic heterocycles. The molecule has 4 heterocycles. The molecule has 1 atom stereocenters. The summed E-state index contributed by atoms with van der Waals surface area (Å²) in [6, 6.07) is 15.8. The van der Waals surface area contributed by atoms with Gasteiger partial charge in [0.2, 0.25) is 11.8 Å². The molecule has 0 spiro atoms. The van der Waals surface area contributed by atoms with Gasteiger partial charge in [-0.15, -0.1) is 0 Å². The van der Waals surface area contributed by atoms with Gasteiger partial charge in [0.15, 0.2) is 5.58 Å². The second-order valence-electron chi connectivity index (χ2n) is 12.8. The van der Waals surface area contributed by atoms with E-state index in [1.807, 2.05) is 62.4 Å². The Kier molecular flexibility index (Phi) is 9.38. The summed E-state index contributed by atoms with van der Waals surface area (Å²) in [4.78, 5) is 30.1. The van der Waals surface area contributed by atoms with Crippen LogP contribution in [-0.2, 0) is 24.5 Å². The number of aryl methyl sites for hydroxylation is 1. The van der Waals surface area contributed by atoms with E-state index in [1.54, 1.807) is 6.20 Å². The van der Waals surface area contributed by atoms with Crippen molar-refractivity contribution in [3.05, 3.63) is 92.9 Å². The van der Waals surface area contributed by atoms with Crippen LogP contribution in [0.25, 0.3) is 33.7 Å². The highest BCUT2D eigenvalue weighted by Gasteiger charge is 2.28. The van der Waals surface area contributed by atoms with Gasteiger partial charge in [0.05, 0.1) is 33.5 Å². The van der Waals surface area contributed by atoms with Crippen LogP contribution in [0, 0.1) is 19.8 Å². The number of aliphatic carboxylic acids is 1. The second-order valence-corrected chi connectivity index (χ2v) is 13.6. The zero-order valence-electron chi connectivity index (χ0n) is 27.0. The van der Waals surface area contributed by atoms with E-state index in [2.05, 4.69) is 14.8 Å². The molecule has 0 saturated carbocycles. The van der Waals surface area contributed by atoms with E-state index in [-0.39, 0.29) is 12.5 Å². The third-order valence-corrected chi connectivity index (χ3v) is 10.1. The van der Waals surface area contributed by atoms with Crippen molar-refractivity contribution in [1.29, 1.82) is 0 Å². The minimum Gasteiger partial charge on any atom is -0.481 e. The van der Waals surface area contributed by atoms with Crippen LogP contribution in [-0.4, -0.2) is 62.0 Å². The van der Waals surface area contributed by atoms with Crippen LogP contribution in [0.3, 0.4) is 0 Å². The fraction of sp³-hybridized carbons (Fsp3) is 0.351. The number of halogens is 2. The number of rotatable bonds is 10. The van der Waals surface area contributed by atoms with E-state index in [1.165, 1.54) is 12.8 Å². The van der Waals surface area contributed by atoms with Gasteiger partial charge in [0, 0.05) is 36.3 Å². The minimum absolute atomic E-state index is 0.257. The molecule has 3 aromatic carbocycles. The van der Waals surface area contributed by atoms with Crippen molar-refractivity contribution in [3.63, 3.8) is 0 Å². The summed E-state index contributed by atoms with van der Waals surface area (Å²) in [6.07, 6.45) is 4.93. The highest BCUT2D eigenvalue weighted by atomic mass is 35.5. The first kappa shape index (κ1) is 32.5. The van der Waals surface area contributed by atoms with E-state index in [0.29, 0.717) is 52.4 Å². The summed E-state index contributed by atoms with van der Waals surface area (Å²) in [5, 5.41) is 10.4. The average molecular weight is 687 g/mol. The van der Waals surface area contributed by atoms with Gasteiger partial charge in [0.1, 0.15) is 12.1 Å². The maximum atomic E-state index is 11.4. The van der Waals surface area contributed by atoms with Crippen molar-refractivity contribution in [2.45, 2.75) is 52.8 Å². The third kappa shape index (κ3) is 6.78. The Bertz CT molecular complexity index is 1990. The standard InChI is InChI=1S/C37H37Cl2N5O4/c1-22-28(30-10-5-7-26(33(30)39)21-47-35-23(2)41-27(17-40-35)20-43-12-3-4-13-43)8-6-9-29(22)36-42-32-16-24(15-31(38)34(32)48-36)18-44-14-11-25(19-44)37(45)46/h5-10,15-17,25H,3-4,11-14,18-21H2,1-2H3,(H,45,46). The summed E-state index contributed by atoms with van der Waals surface area (Å²) in [5.41, 5.74) is 8.34. The van der Waals surface area contributed by atoms with Crippen LogP contribution in [0.1, 0.15) is 47.3 Å². The lowest BCUT2D eigenvalue weighted by molar-refractivity contribution is -0.141. The third-order valence-electron chi connectivity index (χ3n) is 9.37. The van der Waals surface area contributed by atoms with Gasteiger partial charge in [-0.25, -0.2) is 15.0 Å². The van der Waals surface area contributed by atoms with E-state index in [0.717, 1.165) is 70.9 Å². The maximum absolute atomic E-state index is 11.4. The number of benzene rings is 3. The first-order valence-corrected chi connectivity index (χ1v) is 17.1. The van der Waals surface area contributed by atoms with Crippen molar-refractivity contribution in [3.8, 4) is 28.5 Å². The summed E-state index contributed by atoms with van der Waals surface area (Å²) >= 11 is 13.7. The van der Waals surface area contributed by atoms with Gasteiger partial charge in [-0.1, -0.05) is 53.5 Å². The molecule has 0 amide bonds. The summed E-state index contributed by atoms with van der Waals surface area (Å²) < 4.78 is 12.3. The highest BCUT2D eigenvalue weighted by Crippen LogP contribution is 2.38. The smallest absolute Gasteiger partial charge is 0.307 e. The van der Waals surface area contributed by atoms with Crippen molar-refractivity contribution in [2.75, 3.05) is 26.2 Å². The molecule has 2 aromatic heterocycles. The molecule has 2 saturated heterocycles. The lowest BCUT2D eigenvalue weighted by Gasteiger charge is -2.16. The minimum atomic E-state index is -0.746. The number of carboxylic acids is 1. The van der Waals surface area contributed by atoms with Crippen LogP contribution in [0.2, 0.25) is 10.0 Å². The predicted molar refractivity (Wildman–Crippen MR) is 186 cm³/mol. The molecule has 48 heavy (non-hydrogen) atoms. The lowest BCUT2D eigenvalue weighted by atomic mass is 9.95. The quantitative estimate of drug-likeness (QED) is 0.157. The largest absolute Gasteiger partial charge is 0.481 e. The average Bonchev–Trinajstić information content (AvgIpc) is 3.84. The fourth-order valence-electron chi connectivity index (χ4n) is 6.80. The van der Waals surface area contributed by atoms with E-state index in [9.17, 15) is 9.90 Å². The number of aromatic nitrogens is 3. The Morgan fingerprint density at radius 1 is 0.979 bits per heavy atom. The predicted octanol–water partition coefficient (Wildman–Crippen LogP) is 7.96. The van der Waals surface area contributed by atoms with E-state index >= 15 is 0 Å². The number of likely N-dealkylation sites (tertiary alicyclic amines) is 2. The molecule has 9 nitrogen and oxygen atoms in total. The topological polar surface area (TPSA) is 105 Å². The molecule has 1 N–H and O–H groups in total. The Morgan fingerprint density at radius 3 is 2.52 bits per heavy atom. The van der Waals surface area contributed by atoms with Crippen molar-refractivity contribution >= 4 is 40.3 Å². The number of oxazole rings is 1. The monoisotopic (exact) mass is 685 g/mol. The van der Waals surface area contributed by atoms with E-state index < -0.39 is 5.97 Å². The molecule has 0 radical (unpaired) electrons. The second kappa shape index (κ2) is 13.8. The van der Waals surface area contributed by atoms with Gasteiger partial charge in [-0.05, 0) is 87.6 Å². The first-order chi connectivity index (χ1) is 23.2. The fourth-order valence-corrected chi connectivity index (χ4v) is 7.36. The highest BCUT2D eigenvalue weighted by molar-refractivity contribution is 6.35. The van der Waals surface area contributed by atoms with Gasteiger partial charge in [-0.3, -0.25) is 14.6 Å². The number of nitrogens with zero attached hydrogens (tertiary/aromatic N) is 5. The summed E-state index contributed by atoms with van der Waals surface area (Å²) in [6.45, 7) is 9.10.